The second-order valence-electron chi connectivity index (χ2n) is 5.01. The zero-order valence-corrected chi connectivity index (χ0v) is 12.6. The monoisotopic (exact) mass is 299 g/mol. The number of rotatable bonds is 3. The molecule has 1 saturated heterocycles. The molecule has 0 bridgehead atoms. The quantitative estimate of drug-likeness (QED) is 0.852. The molecule has 2 aromatic rings. The minimum atomic E-state index is 0.319. The molecule has 0 radical (unpaired) electrons. The van der Waals surface area contributed by atoms with E-state index in [0.29, 0.717) is 11.2 Å². The van der Waals surface area contributed by atoms with Crippen LogP contribution >= 0.6 is 12.2 Å². The van der Waals surface area contributed by atoms with Gasteiger partial charge in [-0.05, 0) is 55.5 Å². The number of benzene rings is 2. The molecule has 1 unspecified atom stereocenters. The molecule has 1 aliphatic heterocycles. The Labute approximate surface area is 129 Å². The highest BCUT2D eigenvalue weighted by atomic mass is 32.1. The lowest BCUT2D eigenvalue weighted by Gasteiger charge is -2.35. The molecule has 1 atom stereocenters. The van der Waals surface area contributed by atoms with Gasteiger partial charge in [-0.1, -0.05) is 18.2 Å². The Morgan fingerprint density at radius 2 is 1.71 bits per heavy atom. The van der Waals surface area contributed by atoms with E-state index in [-0.39, 0.29) is 0 Å². The number of thiocarbonyl (C=S) groups is 1. The van der Waals surface area contributed by atoms with Crippen molar-refractivity contribution < 1.29 is 4.74 Å². The summed E-state index contributed by atoms with van der Waals surface area (Å²) in [6, 6.07) is 18.0. The summed E-state index contributed by atoms with van der Waals surface area (Å²) in [5.74, 6) is 1.65. The van der Waals surface area contributed by atoms with Crippen molar-refractivity contribution in [3.63, 3.8) is 0 Å². The van der Waals surface area contributed by atoms with Gasteiger partial charge in [-0.25, -0.2) is 0 Å². The molecule has 108 valence electrons. The molecular weight excluding hydrogens is 282 g/mol. The molecule has 1 heterocycles. The Bertz CT molecular complexity index is 615. The lowest BCUT2D eigenvalue weighted by Crippen LogP contribution is -2.59. The maximum absolute atomic E-state index is 5.79. The third kappa shape index (κ3) is 3.44. The normalized spacial score (nSPS) is 17.9. The van der Waals surface area contributed by atoms with E-state index < -0.39 is 0 Å². The van der Waals surface area contributed by atoms with Gasteiger partial charge in [-0.2, -0.15) is 0 Å². The Morgan fingerprint density at radius 1 is 1.05 bits per heavy atom. The number of anilines is 1. The Hall–Kier alpha value is -2.27. The summed E-state index contributed by atoms with van der Waals surface area (Å²) in [4.78, 5) is 0. The zero-order chi connectivity index (χ0) is 14.7. The van der Waals surface area contributed by atoms with Crippen LogP contribution in [0.4, 0.5) is 5.69 Å². The largest absolute Gasteiger partial charge is 0.457 e. The molecule has 3 rings (SSSR count). The summed E-state index contributed by atoms with van der Waals surface area (Å²) >= 11 is 5.18. The molecule has 0 saturated carbocycles. The van der Waals surface area contributed by atoms with Gasteiger partial charge in [0.05, 0.1) is 12.2 Å². The molecule has 2 aromatic carbocycles. The van der Waals surface area contributed by atoms with Crippen molar-refractivity contribution in [2.45, 2.75) is 13.0 Å². The summed E-state index contributed by atoms with van der Waals surface area (Å²) in [5, 5.41) is 5.87. The van der Waals surface area contributed by atoms with Gasteiger partial charge in [0.25, 0.3) is 0 Å². The molecule has 21 heavy (non-hydrogen) atoms. The third-order valence-electron chi connectivity index (χ3n) is 3.20. The SMILES string of the molecule is CC1CN(c2ccc(Oc3ccccc3)cc2)NC(=S)N1. The van der Waals surface area contributed by atoms with E-state index in [1.807, 2.05) is 59.6 Å². The second kappa shape index (κ2) is 6.01. The van der Waals surface area contributed by atoms with Crippen LogP contribution in [0.5, 0.6) is 11.5 Å². The minimum Gasteiger partial charge on any atom is -0.457 e. The van der Waals surface area contributed by atoms with Crippen LogP contribution in [0.15, 0.2) is 54.6 Å². The molecule has 0 aromatic heterocycles. The minimum absolute atomic E-state index is 0.319. The lowest BCUT2D eigenvalue weighted by molar-refractivity contribution is 0.482. The third-order valence-corrected chi connectivity index (χ3v) is 3.41. The highest BCUT2D eigenvalue weighted by Gasteiger charge is 2.18. The van der Waals surface area contributed by atoms with E-state index in [9.17, 15) is 0 Å². The van der Waals surface area contributed by atoms with Crippen molar-refractivity contribution in [1.29, 1.82) is 0 Å². The van der Waals surface area contributed by atoms with Gasteiger partial charge in [-0.15, -0.1) is 0 Å². The van der Waals surface area contributed by atoms with Crippen molar-refractivity contribution in [3.8, 4) is 11.5 Å². The van der Waals surface area contributed by atoms with E-state index in [0.717, 1.165) is 23.7 Å². The summed E-state index contributed by atoms with van der Waals surface area (Å²) in [6.45, 7) is 2.95. The van der Waals surface area contributed by atoms with Crippen LogP contribution < -0.4 is 20.5 Å². The van der Waals surface area contributed by atoms with Crippen molar-refractivity contribution in [3.05, 3.63) is 54.6 Å². The van der Waals surface area contributed by atoms with E-state index in [4.69, 9.17) is 17.0 Å². The molecule has 1 fully saturated rings. The van der Waals surface area contributed by atoms with Crippen LogP contribution in [0.3, 0.4) is 0 Å². The lowest BCUT2D eigenvalue weighted by atomic mass is 10.2. The van der Waals surface area contributed by atoms with E-state index >= 15 is 0 Å². The average molecular weight is 299 g/mol. The van der Waals surface area contributed by atoms with Gasteiger partial charge < -0.3 is 10.1 Å². The highest BCUT2D eigenvalue weighted by Crippen LogP contribution is 2.24. The Balaban J connectivity index is 1.70. The van der Waals surface area contributed by atoms with Gasteiger partial charge in [-0.3, -0.25) is 10.4 Å². The molecular formula is C16H17N3OS. The molecule has 2 N–H and O–H groups in total. The maximum atomic E-state index is 5.79. The summed E-state index contributed by atoms with van der Waals surface area (Å²) in [6.07, 6.45) is 0. The van der Waals surface area contributed by atoms with Gasteiger partial charge in [0.2, 0.25) is 0 Å². The fourth-order valence-corrected chi connectivity index (χ4v) is 2.54. The van der Waals surface area contributed by atoms with Crippen LogP contribution in [-0.4, -0.2) is 17.7 Å². The predicted octanol–water partition coefficient (Wildman–Crippen LogP) is 3.07. The van der Waals surface area contributed by atoms with Crippen molar-refractivity contribution in [2.24, 2.45) is 0 Å². The Kier molecular flexibility index (Phi) is 3.92. The highest BCUT2D eigenvalue weighted by molar-refractivity contribution is 7.80. The van der Waals surface area contributed by atoms with Gasteiger partial charge in [0.15, 0.2) is 5.11 Å². The number of nitrogens with one attached hydrogen (secondary N) is 2. The number of hydrogen-bond donors (Lipinski definition) is 2. The topological polar surface area (TPSA) is 36.5 Å². The fraction of sp³-hybridized carbons (Fsp3) is 0.188. The van der Waals surface area contributed by atoms with Crippen LogP contribution in [0.2, 0.25) is 0 Å². The molecule has 4 nitrogen and oxygen atoms in total. The molecule has 5 heteroatoms. The molecule has 1 aliphatic rings. The van der Waals surface area contributed by atoms with Gasteiger partial charge in [0, 0.05) is 6.04 Å². The van der Waals surface area contributed by atoms with Crippen molar-refractivity contribution >= 4 is 23.0 Å². The Morgan fingerprint density at radius 3 is 2.38 bits per heavy atom. The number of nitrogens with zero attached hydrogens (tertiary/aromatic N) is 1. The first-order chi connectivity index (χ1) is 10.2. The maximum Gasteiger partial charge on any atom is 0.185 e. The second-order valence-corrected chi connectivity index (χ2v) is 5.41. The van der Waals surface area contributed by atoms with Crippen LogP contribution in [0.25, 0.3) is 0 Å². The first-order valence-electron chi connectivity index (χ1n) is 6.88. The summed E-state index contributed by atoms with van der Waals surface area (Å²) in [7, 11) is 0. The van der Waals surface area contributed by atoms with Crippen LogP contribution in [0, 0.1) is 0 Å². The van der Waals surface area contributed by atoms with E-state index in [2.05, 4.69) is 17.7 Å². The zero-order valence-electron chi connectivity index (χ0n) is 11.7. The molecule has 0 amide bonds. The number of hydrogen-bond acceptors (Lipinski definition) is 3. The van der Waals surface area contributed by atoms with Crippen LogP contribution in [-0.2, 0) is 0 Å². The fourth-order valence-electron chi connectivity index (χ4n) is 2.23. The smallest absolute Gasteiger partial charge is 0.185 e. The van der Waals surface area contributed by atoms with Crippen LogP contribution in [0.1, 0.15) is 6.92 Å². The number of hydrazine groups is 1. The standard InChI is InChI=1S/C16H17N3OS/c1-12-11-19(18-16(21)17-12)13-7-9-15(10-8-13)20-14-5-3-2-4-6-14/h2-10,12H,11H2,1H3,(H2,17,18,21). The first-order valence-corrected chi connectivity index (χ1v) is 7.29. The van der Waals surface area contributed by atoms with E-state index in [1.54, 1.807) is 0 Å². The van der Waals surface area contributed by atoms with Gasteiger partial charge >= 0.3 is 0 Å². The molecule has 0 aliphatic carbocycles. The summed E-state index contributed by atoms with van der Waals surface area (Å²) < 4.78 is 5.79. The van der Waals surface area contributed by atoms with E-state index in [1.165, 1.54) is 0 Å². The van der Waals surface area contributed by atoms with Crippen molar-refractivity contribution in [2.75, 3.05) is 11.6 Å². The van der Waals surface area contributed by atoms with Gasteiger partial charge in [0.1, 0.15) is 11.5 Å². The average Bonchev–Trinajstić information content (AvgIpc) is 2.48. The van der Waals surface area contributed by atoms with Crippen molar-refractivity contribution in [1.82, 2.24) is 10.7 Å². The number of para-hydroxylation sites is 1. The number of ether oxygens (including phenoxy) is 1. The first kappa shape index (κ1) is 13.7. The summed E-state index contributed by atoms with van der Waals surface area (Å²) in [5.41, 5.74) is 4.21. The predicted molar refractivity (Wildman–Crippen MR) is 88.6 cm³/mol. The molecule has 0 spiro atoms.